The molecule has 0 spiro atoms. The van der Waals surface area contributed by atoms with Gasteiger partial charge in [0.15, 0.2) is 0 Å². The maximum Gasteiger partial charge on any atom is 0.339 e. The molecular weight excluding hydrogens is 286 g/mol. The summed E-state index contributed by atoms with van der Waals surface area (Å²) in [6, 6.07) is 4.92. The van der Waals surface area contributed by atoms with E-state index in [9.17, 15) is 9.59 Å². The third-order valence-corrected chi connectivity index (χ3v) is 2.38. The van der Waals surface area contributed by atoms with Crippen molar-refractivity contribution in [2.45, 2.75) is 20.8 Å². The summed E-state index contributed by atoms with van der Waals surface area (Å²) in [6.07, 6.45) is 0. The van der Waals surface area contributed by atoms with Gasteiger partial charge in [0.1, 0.15) is 0 Å². The second-order valence-corrected chi connectivity index (χ2v) is 3.72. The van der Waals surface area contributed by atoms with Gasteiger partial charge in [-0.05, 0) is 34.1 Å². The molecule has 1 rings (SSSR count). The summed E-state index contributed by atoms with van der Waals surface area (Å²) in [6.45, 7) is 5.40. The smallest absolute Gasteiger partial charge is 0.339 e. The SMILES string of the molecule is CC.COC(=O)c1cc(NC(C)=O)ccc1Br. The molecule has 94 valence electrons. The van der Waals surface area contributed by atoms with Crippen LogP contribution < -0.4 is 5.32 Å². The van der Waals surface area contributed by atoms with Crippen LogP contribution in [0.25, 0.3) is 0 Å². The number of carbonyl (C=O) groups excluding carboxylic acids is 2. The molecular formula is C12H16BrNO3. The Kier molecular flexibility index (Phi) is 7.21. The number of methoxy groups -OCH3 is 1. The van der Waals surface area contributed by atoms with E-state index in [0.29, 0.717) is 15.7 Å². The van der Waals surface area contributed by atoms with Crippen molar-refractivity contribution in [3.05, 3.63) is 28.2 Å². The van der Waals surface area contributed by atoms with E-state index in [-0.39, 0.29) is 5.91 Å². The third-order valence-electron chi connectivity index (χ3n) is 1.69. The topological polar surface area (TPSA) is 55.4 Å². The number of halogens is 1. The number of amides is 1. The first-order valence-electron chi connectivity index (χ1n) is 5.20. The lowest BCUT2D eigenvalue weighted by Gasteiger charge is -2.06. The molecule has 17 heavy (non-hydrogen) atoms. The van der Waals surface area contributed by atoms with Gasteiger partial charge in [0, 0.05) is 17.1 Å². The molecule has 0 saturated carbocycles. The van der Waals surface area contributed by atoms with Crippen molar-refractivity contribution in [3.8, 4) is 0 Å². The van der Waals surface area contributed by atoms with Crippen LogP contribution >= 0.6 is 15.9 Å². The average Bonchev–Trinajstić information content (AvgIpc) is 2.32. The first-order chi connectivity index (χ1) is 8.04. The summed E-state index contributed by atoms with van der Waals surface area (Å²) in [5.41, 5.74) is 0.940. The van der Waals surface area contributed by atoms with Gasteiger partial charge in [-0.25, -0.2) is 4.79 Å². The minimum absolute atomic E-state index is 0.187. The van der Waals surface area contributed by atoms with Crippen LogP contribution in [0, 0.1) is 0 Å². The van der Waals surface area contributed by atoms with Crippen molar-refractivity contribution in [2.24, 2.45) is 0 Å². The monoisotopic (exact) mass is 301 g/mol. The Balaban J connectivity index is 0.00000121. The summed E-state index contributed by atoms with van der Waals surface area (Å²) in [7, 11) is 1.31. The van der Waals surface area contributed by atoms with E-state index in [2.05, 4.69) is 26.0 Å². The Morgan fingerprint density at radius 2 is 1.88 bits per heavy atom. The standard InChI is InChI=1S/C10H10BrNO3.C2H6/c1-6(13)12-7-3-4-9(11)8(5-7)10(14)15-2;1-2/h3-5H,1-2H3,(H,12,13);1-2H3. The van der Waals surface area contributed by atoms with Crippen LogP contribution in [0.5, 0.6) is 0 Å². The molecule has 1 amide bonds. The van der Waals surface area contributed by atoms with E-state index in [1.165, 1.54) is 14.0 Å². The van der Waals surface area contributed by atoms with Gasteiger partial charge in [-0.3, -0.25) is 4.79 Å². The number of nitrogens with one attached hydrogen (secondary N) is 1. The first kappa shape index (κ1) is 15.6. The molecule has 0 aliphatic carbocycles. The normalized spacial score (nSPS) is 8.76. The Morgan fingerprint density at radius 1 is 1.29 bits per heavy atom. The molecule has 0 radical (unpaired) electrons. The quantitative estimate of drug-likeness (QED) is 0.853. The Labute approximate surface area is 109 Å². The van der Waals surface area contributed by atoms with Crippen LogP contribution in [0.1, 0.15) is 31.1 Å². The van der Waals surface area contributed by atoms with Crippen molar-refractivity contribution in [2.75, 3.05) is 12.4 Å². The predicted molar refractivity (Wildman–Crippen MR) is 71.1 cm³/mol. The highest BCUT2D eigenvalue weighted by Gasteiger charge is 2.11. The van der Waals surface area contributed by atoms with E-state index in [1.807, 2.05) is 13.8 Å². The van der Waals surface area contributed by atoms with Crippen molar-refractivity contribution in [1.29, 1.82) is 0 Å². The Morgan fingerprint density at radius 3 is 2.35 bits per heavy atom. The summed E-state index contributed by atoms with van der Waals surface area (Å²) in [5.74, 6) is -0.637. The molecule has 0 atom stereocenters. The van der Waals surface area contributed by atoms with Gasteiger partial charge < -0.3 is 10.1 Å². The molecule has 1 aromatic carbocycles. The van der Waals surface area contributed by atoms with Gasteiger partial charge in [-0.1, -0.05) is 13.8 Å². The summed E-state index contributed by atoms with van der Waals surface area (Å²) >= 11 is 3.22. The molecule has 4 nitrogen and oxygen atoms in total. The van der Waals surface area contributed by atoms with Gasteiger partial charge >= 0.3 is 5.97 Å². The second kappa shape index (κ2) is 7.84. The van der Waals surface area contributed by atoms with Gasteiger partial charge in [0.05, 0.1) is 12.7 Å². The lowest BCUT2D eigenvalue weighted by Crippen LogP contribution is -2.08. The lowest BCUT2D eigenvalue weighted by atomic mass is 10.2. The second-order valence-electron chi connectivity index (χ2n) is 2.87. The first-order valence-corrected chi connectivity index (χ1v) is 5.99. The number of anilines is 1. The zero-order chi connectivity index (χ0) is 13.4. The van der Waals surface area contributed by atoms with Crippen LogP contribution in [0.2, 0.25) is 0 Å². The van der Waals surface area contributed by atoms with Crippen LogP contribution in [0.3, 0.4) is 0 Å². The Bertz CT molecular complexity index is 405. The fourth-order valence-electron chi connectivity index (χ4n) is 1.07. The predicted octanol–water partition coefficient (Wildman–Crippen LogP) is 3.22. The number of rotatable bonds is 2. The number of hydrogen-bond acceptors (Lipinski definition) is 3. The number of benzene rings is 1. The molecule has 1 aromatic rings. The van der Waals surface area contributed by atoms with Gasteiger partial charge in [-0.15, -0.1) is 0 Å². The minimum atomic E-state index is -0.450. The lowest BCUT2D eigenvalue weighted by molar-refractivity contribution is -0.114. The third kappa shape index (κ3) is 4.99. The van der Waals surface area contributed by atoms with Gasteiger partial charge in [0.25, 0.3) is 0 Å². The van der Waals surface area contributed by atoms with Crippen LogP contribution in [0.4, 0.5) is 5.69 Å². The molecule has 0 heterocycles. The van der Waals surface area contributed by atoms with E-state index in [4.69, 9.17) is 0 Å². The zero-order valence-electron chi connectivity index (χ0n) is 10.3. The molecule has 0 aliphatic rings. The zero-order valence-corrected chi connectivity index (χ0v) is 11.9. The highest BCUT2D eigenvalue weighted by atomic mass is 79.9. The number of hydrogen-bond donors (Lipinski definition) is 1. The fourth-order valence-corrected chi connectivity index (χ4v) is 1.48. The molecule has 0 unspecified atom stereocenters. The maximum absolute atomic E-state index is 11.3. The molecule has 0 aliphatic heterocycles. The molecule has 0 aromatic heterocycles. The molecule has 0 bridgehead atoms. The summed E-state index contributed by atoms with van der Waals surface area (Å²) in [4.78, 5) is 22.1. The van der Waals surface area contributed by atoms with Crippen molar-refractivity contribution < 1.29 is 14.3 Å². The molecule has 1 N–H and O–H groups in total. The van der Waals surface area contributed by atoms with Crippen LogP contribution in [-0.2, 0) is 9.53 Å². The molecule has 0 saturated heterocycles. The van der Waals surface area contributed by atoms with Crippen molar-refractivity contribution in [1.82, 2.24) is 0 Å². The van der Waals surface area contributed by atoms with Gasteiger partial charge in [-0.2, -0.15) is 0 Å². The number of ether oxygens (including phenoxy) is 1. The van der Waals surface area contributed by atoms with E-state index < -0.39 is 5.97 Å². The van der Waals surface area contributed by atoms with E-state index >= 15 is 0 Å². The average molecular weight is 302 g/mol. The highest BCUT2D eigenvalue weighted by Crippen LogP contribution is 2.21. The largest absolute Gasteiger partial charge is 0.465 e. The molecule has 0 fully saturated rings. The van der Waals surface area contributed by atoms with Gasteiger partial charge in [0.2, 0.25) is 5.91 Å². The number of carbonyl (C=O) groups is 2. The number of esters is 1. The maximum atomic E-state index is 11.3. The molecule has 5 heteroatoms. The van der Waals surface area contributed by atoms with E-state index in [1.54, 1.807) is 18.2 Å². The van der Waals surface area contributed by atoms with Crippen LogP contribution in [-0.4, -0.2) is 19.0 Å². The Hall–Kier alpha value is -1.36. The summed E-state index contributed by atoms with van der Waals surface area (Å²) < 4.78 is 5.22. The minimum Gasteiger partial charge on any atom is -0.465 e. The summed E-state index contributed by atoms with van der Waals surface area (Å²) in [5, 5.41) is 2.58. The highest BCUT2D eigenvalue weighted by molar-refractivity contribution is 9.10. The van der Waals surface area contributed by atoms with Crippen molar-refractivity contribution >= 4 is 33.5 Å². The van der Waals surface area contributed by atoms with E-state index in [0.717, 1.165) is 0 Å². The van der Waals surface area contributed by atoms with Crippen LogP contribution in [0.15, 0.2) is 22.7 Å². The van der Waals surface area contributed by atoms with Crippen molar-refractivity contribution in [3.63, 3.8) is 0 Å². The fraction of sp³-hybridized carbons (Fsp3) is 0.333.